The lowest BCUT2D eigenvalue weighted by molar-refractivity contribution is -0.137. The van der Waals surface area contributed by atoms with Gasteiger partial charge in [0.25, 0.3) is 5.91 Å². The van der Waals surface area contributed by atoms with E-state index in [4.69, 9.17) is 10.7 Å². The van der Waals surface area contributed by atoms with Gasteiger partial charge in [-0.2, -0.15) is 13.2 Å². The first-order chi connectivity index (χ1) is 17.2. The fourth-order valence-electron chi connectivity index (χ4n) is 4.34. The van der Waals surface area contributed by atoms with E-state index in [-0.39, 0.29) is 23.1 Å². The van der Waals surface area contributed by atoms with Gasteiger partial charge in [-0.1, -0.05) is 12.1 Å². The minimum absolute atomic E-state index is 0.0400. The molecule has 2 atom stereocenters. The molecule has 4 heterocycles. The van der Waals surface area contributed by atoms with Gasteiger partial charge in [0.2, 0.25) is 0 Å². The molecule has 1 aliphatic rings. The number of carbonyl (C=O) groups excluding carboxylic acids is 1. The molecule has 1 amide bonds. The number of carbonyl (C=O) groups is 1. The van der Waals surface area contributed by atoms with Gasteiger partial charge in [0.15, 0.2) is 0 Å². The molecule has 1 fully saturated rings. The van der Waals surface area contributed by atoms with E-state index in [9.17, 15) is 23.1 Å². The van der Waals surface area contributed by atoms with E-state index in [2.05, 4.69) is 20.6 Å². The van der Waals surface area contributed by atoms with Crippen molar-refractivity contribution in [1.29, 1.82) is 0 Å². The second-order valence-electron chi connectivity index (χ2n) is 8.55. The average molecular weight is 497 g/mol. The first-order valence-corrected chi connectivity index (χ1v) is 11.2. The van der Waals surface area contributed by atoms with Gasteiger partial charge in [-0.05, 0) is 30.7 Å². The predicted octanol–water partition coefficient (Wildman–Crippen LogP) is 3.08. The van der Waals surface area contributed by atoms with Crippen molar-refractivity contribution in [3.63, 3.8) is 0 Å². The molecule has 0 radical (unpaired) electrons. The fourth-order valence-corrected chi connectivity index (χ4v) is 4.34. The summed E-state index contributed by atoms with van der Waals surface area (Å²) in [5.41, 5.74) is 7.37. The monoisotopic (exact) mass is 497 g/mol. The summed E-state index contributed by atoms with van der Waals surface area (Å²) >= 11 is 0. The largest absolute Gasteiger partial charge is 0.416 e. The molecule has 1 saturated heterocycles. The van der Waals surface area contributed by atoms with Crippen molar-refractivity contribution < 1.29 is 23.1 Å². The number of fused-ring (bicyclic) bond motifs is 1. The van der Waals surface area contributed by atoms with Crippen LogP contribution in [0.3, 0.4) is 0 Å². The Kier molecular flexibility index (Phi) is 6.06. The van der Waals surface area contributed by atoms with Gasteiger partial charge in [0.05, 0.1) is 11.7 Å². The molecule has 1 aliphatic heterocycles. The van der Waals surface area contributed by atoms with E-state index in [1.165, 1.54) is 0 Å². The zero-order valence-corrected chi connectivity index (χ0v) is 18.8. The van der Waals surface area contributed by atoms with Gasteiger partial charge < -0.3 is 21.5 Å². The first-order valence-electron chi connectivity index (χ1n) is 11.2. The summed E-state index contributed by atoms with van der Waals surface area (Å²) in [6.07, 6.45) is -0.137. The van der Waals surface area contributed by atoms with Crippen LogP contribution >= 0.6 is 0 Å². The zero-order valence-electron chi connectivity index (χ0n) is 18.8. The summed E-state index contributed by atoms with van der Waals surface area (Å²) < 4.78 is 40.7. The third-order valence-corrected chi connectivity index (χ3v) is 6.05. The number of hydrogen-bond donors (Lipinski definition) is 4. The molecular formula is C24H22F3N7O2. The normalized spacial score (nSPS) is 18.3. The van der Waals surface area contributed by atoms with Crippen molar-refractivity contribution in [2.75, 3.05) is 24.1 Å². The number of nitrogens with one attached hydrogen (secondary N) is 2. The van der Waals surface area contributed by atoms with Crippen molar-refractivity contribution in [3.8, 4) is 11.3 Å². The van der Waals surface area contributed by atoms with Crippen LogP contribution in [0.4, 0.5) is 24.8 Å². The number of halogens is 3. The van der Waals surface area contributed by atoms with Gasteiger partial charge in [-0.25, -0.2) is 15.0 Å². The highest BCUT2D eigenvalue weighted by molar-refractivity contribution is 6.04. The van der Waals surface area contributed by atoms with Crippen molar-refractivity contribution in [2.45, 2.75) is 24.6 Å². The van der Waals surface area contributed by atoms with Gasteiger partial charge in [-0.15, -0.1) is 0 Å². The van der Waals surface area contributed by atoms with Crippen LogP contribution in [-0.4, -0.2) is 49.6 Å². The second-order valence-corrected chi connectivity index (χ2v) is 8.55. The summed E-state index contributed by atoms with van der Waals surface area (Å²) in [6.45, 7) is 1.18. The van der Waals surface area contributed by atoms with E-state index in [1.807, 2.05) is 4.40 Å². The fraction of sp³-hybridized carbons (Fsp3) is 0.250. The number of anilines is 2. The molecule has 9 nitrogen and oxygen atoms in total. The predicted molar refractivity (Wildman–Crippen MR) is 126 cm³/mol. The lowest BCUT2D eigenvalue weighted by Gasteiger charge is -2.26. The maximum Gasteiger partial charge on any atom is 0.416 e. The summed E-state index contributed by atoms with van der Waals surface area (Å²) in [5, 5.41) is 15.7. The number of amides is 1. The summed E-state index contributed by atoms with van der Waals surface area (Å²) in [7, 11) is 0. The van der Waals surface area contributed by atoms with Crippen LogP contribution in [0.15, 0.2) is 55.0 Å². The topological polar surface area (TPSA) is 130 Å². The average Bonchev–Trinajstić information content (AvgIpc) is 3.25. The minimum atomic E-state index is -4.54. The number of nitrogens with zero attached hydrogens (tertiary/aromatic N) is 4. The van der Waals surface area contributed by atoms with Crippen LogP contribution in [0.5, 0.6) is 0 Å². The van der Waals surface area contributed by atoms with Gasteiger partial charge >= 0.3 is 6.18 Å². The summed E-state index contributed by atoms with van der Waals surface area (Å²) in [6, 6.07) is 8.06. The molecule has 0 aliphatic carbocycles. The highest BCUT2D eigenvalue weighted by Gasteiger charge is 2.31. The number of rotatable bonds is 4. The molecule has 0 saturated carbocycles. The number of benzene rings is 1. The standard InChI is InChI=1S/C24H22F3N7O2/c25-24(26,27)16-5-6-30-18(10-16)32-23(36)14-3-1-13(2-4-14)19-20-21(28)31-7-8-34(20)22(33-19)15-9-17(35)12-29-11-15/h1-8,10,15,17,29,35H,9,11-12H2,(H2,28,31)(H,30,32,36)/t15-,17+/m0/s1. The Labute approximate surface area is 203 Å². The molecular weight excluding hydrogens is 475 g/mol. The number of β-amino-alcohol motifs (C(OH)–C–C–N with tert-alkyl or cyclic N) is 1. The van der Waals surface area contributed by atoms with Crippen LogP contribution in [0.1, 0.15) is 34.1 Å². The van der Waals surface area contributed by atoms with Crippen molar-refractivity contribution in [2.24, 2.45) is 0 Å². The molecule has 5 N–H and O–H groups in total. The van der Waals surface area contributed by atoms with Crippen LogP contribution in [-0.2, 0) is 6.18 Å². The molecule has 36 heavy (non-hydrogen) atoms. The number of aliphatic hydroxyl groups excluding tert-OH is 1. The molecule has 5 rings (SSSR count). The molecule has 4 aromatic rings. The van der Waals surface area contributed by atoms with Crippen LogP contribution < -0.4 is 16.4 Å². The summed E-state index contributed by atoms with van der Waals surface area (Å²) in [5.74, 6) is 0.172. The molecule has 186 valence electrons. The molecule has 12 heteroatoms. The Hall–Kier alpha value is -4.03. The number of aromatic nitrogens is 4. The van der Waals surface area contributed by atoms with Crippen molar-refractivity contribution in [3.05, 3.63) is 71.9 Å². The number of alkyl halides is 3. The molecule has 0 bridgehead atoms. The number of aliphatic hydroxyl groups is 1. The van der Waals surface area contributed by atoms with Crippen LogP contribution in [0.25, 0.3) is 16.8 Å². The van der Waals surface area contributed by atoms with E-state index in [0.717, 1.165) is 24.2 Å². The molecule has 0 unspecified atom stereocenters. The Balaban J connectivity index is 1.43. The number of nitrogen functional groups attached to an aromatic ring is 1. The highest BCUT2D eigenvalue weighted by atomic mass is 19.4. The minimum Gasteiger partial charge on any atom is -0.392 e. The van der Waals surface area contributed by atoms with E-state index in [1.54, 1.807) is 36.7 Å². The van der Waals surface area contributed by atoms with E-state index < -0.39 is 23.8 Å². The Morgan fingerprint density at radius 3 is 2.64 bits per heavy atom. The van der Waals surface area contributed by atoms with Crippen LogP contribution in [0, 0.1) is 0 Å². The first kappa shape index (κ1) is 23.7. The Morgan fingerprint density at radius 2 is 1.92 bits per heavy atom. The van der Waals surface area contributed by atoms with Gasteiger partial charge in [0.1, 0.15) is 28.7 Å². The lowest BCUT2D eigenvalue weighted by Crippen LogP contribution is -2.38. The number of imidazole rings is 1. The Bertz CT molecular complexity index is 1420. The number of hydrogen-bond acceptors (Lipinski definition) is 7. The van der Waals surface area contributed by atoms with Crippen molar-refractivity contribution in [1.82, 2.24) is 24.7 Å². The van der Waals surface area contributed by atoms with Crippen molar-refractivity contribution >= 4 is 23.1 Å². The molecule has 0 spiro atoms. The third-order valence-electron chi connectivity index (χ3n) is 6.05. The Morgan fingerprint density at radius 1 is 1.14 bits per heavy atom. The van der Waals surface area contributed by atoms with E-state index >= 15 is 0 Å². The highest BCUT2D eigenvalue weighted by Crippen LogP contribution is 2.33. The van der Waals surface area contributed by atoms with E-state index in [0.29, 0.717) is 36.3 Å². The lowest BCUT2D eigenvalue weighted by atomic mass is 9.97. The number of piperidine rings is 1. The quantitative estimate of drug-likeness (QED) is 0.341. The zero-order chi connectivity index (χ0) is 25.4. The smallest absolute Gasteiger partial charge is 0.392 e. The second kappa shape index (κ2) is 9.21. The van der Waals surface area contributed by atoms with Crippen LogP contribution in [0.2, 0.25) is 0 Å². The maximum atomic E-state index is 12.9. The number of nitrogens with two attached hydrogens (primary N) is 1. The third kappa shape index (κ3) is 4.60. The molecule has 3 aromatic heterocycles. The van der Waals surface area contributed by atoms with Gasteiger partial charge in [-0.3, -0.25) is 9.20 Å². The van der Waals surface area contributed by atoms with Gasteiger partial charge in [0, 0.05) is 48.7 Å². The molecule has 1 aromatic carbocycles. The summed E-state index contributed by atoms with van der Waals surface area (Å²) in [4.78, 5) is 25.4. The number of pyridine rings is 1. The maximum absolute atomic E-state index is 12.9. The SMILES string of the molecule is Nc1nccn2c([C@@H]3CNC[C@H](O)C3)nc(-c3ccc(C(=O)Nc4cc(C(F)(F)F)ccn4)cc3)c12.